The van der Waals surface area contributed by atoms with Crippen LogP contribution in [-0.2, 0) is 11.4 Å². The minimum Gasteiger partial charge on any atom is -0.489 e. The molecule has 0 aliphatic carbocycles. The van der Waals surface area contributed by atoms with Gasteiger partial charge in [-0.05, 0) is 29.3 Å². The van der Waals surface area contributed by atoms with Crippen LogP contribution < -0.4 is 9.47 Å². The third-order valence-electron chi connectivity index (χ3n) is 3.96. The maximum atomic E-state index is 12.0. The first kappa shape index (κ1) is 16.1. The van der Waals surface area contributed by atoms with Gasteiger partial charge in [-0.2, -0.15) is 0 Å². The molecule has 3 rings (SSSR count). The van der Waals surface area contributed by atoms with Gasteiger partial charge in [0.2, 0.25) is 5.91 Å². The van der Waals surface area contributed by atoms with Crippen molar-refractivity contribution in [3.05, 3.63) is 65.7 Å². The van der Waals surface area contributed by atoms with Crippen LogP contribution in [0.2, 0.25) is 0 Å². The highest BCUT2D eigenvalue weighted by molar-refractivity contribution is 5.90. The van der Waals surface area contributed by atoms with E-state index in [1.165, 1.54) is 0 Å². The molecule has 2 aromatic rings. The topological polar surface area (TPSA) is 38.8 Å². The smallest absolute Gasteiger partial charge is 0.226 e. The second-order valence-electron chi connectivity index (χ2n) is 5.94. The van der Waals surface area contributed by atoms with Crippen molar-refractivity contribution in [3.63, 3.8) is 0 Å². The molecule has 4 heteroatoms. The first-order chi connectivity index (χ1) is 11.6. The van der Waals surface area contributed by atoms with E-state index in [0.29, 0.717) is 19.6 Å². The number of hydrogen-bond acceptors (Lipinski definition) is 3. The SMILES string of the molecule is CN(C)C(=O)CC1=CCOc2cc(OCc3ccccc3)ccc21. The molecule has 0 aromatic heterocycles. The van der Waals surface area contributed by atoms with Crippen LogP contribution in [0.15, 0.2) is 54.6 Å². The monoisotopic (exact) mass is 323 g/mol. The molecule has 0 unspecified atom stereocenters. The van der Waals surface area contributed by atoms with Gasteiger partial charge >= 0.3 is 0 Å². The van der Waals surface area contributed by atoms with Crippen LogP contribution in [0.25, 0.3) is 5.57 Å². The molecule has 4 nitrogen and oxygen atoms in total. The summed E-state index contributed by atoms with van der Waals surface area (Å²) in [6.07, 6.45) is 2.35. The van der Waals surface area contributed by atoms with E-state index in [9.17, 15) is 4.79 Å². The third-order valence-corrected chi connectivity index (χ3v) is 3.96. The Labute approximate surface area is 142 Å². The van der Waals surface area contributed by atoms with Crippen molar-refractivity contribution < 1.29 is 14.3 Å². The van der Waals surface area contributed by atoms with Crippen molar-refractivity contribution >= 4 is 11.5 Å². The second kappa shape index (κ2) is 7.21. The average Bonchev–Trinajstić information content (AvgIpc) is 2.60. The molecule has 0 fully saturated rings. The normalized spacial score (nSPS) is 12.7. The van der Waals surface area contributed by atoms with Crippen LogP contribution in [0.3, 0.4) is 0 Å². The predicted octanol–water partition coefficient (Wildman–Crippen LogP) is 3.52. The molecule has 0 atom stereocenters. The maximum absolute atomic E-state index is 12.0. The Bertz CT molecular complexity index is 751. The largest absolute Gasteiger partial charge is 0.489 e. The summed E-state index contributed by atoms with van der Waals surface area (Å²) in [5.41, 5.74) is 3.08. The minimum atomic E-state index is 0.0819. The molecule has 1 aliphatic rings. The van der Waals surface area contributed by atoms with Crippen molar-refractivity contribution in [2.45, 2.75) is 13.0 Å². The van der Waals surface area contributed by atoms with E-state index in [-0.39, 0.29) is 5.91 Å². The molecule has 124 valence electrons. The number of amides is 1. The fourth-order valence-corrected chi connectivity index (χ4v) is 2.55. The van der Waals surface area contributed by atoms with E-state index in [1.807, 2.05) is 54.6 Å². The summed E-state index contributed by atoms with van der Waals surface area (Å²) in [4.78, 5) is 13.6. The van der Waals surface area contributed by atoms with Crippen molar-refractivity contribution in [3.8, 4) is 11.5 Å². The molecule has 0 radical (unpaired) electrons. The van der Waals surface area contributed by atoms with Gasteiger partial charge in [-0.1, -0.05) is 30.3 Å². The van der Waals surface area contributed by atoms with E-state index in [2.05, 4.69) is 0 Å². The van der Waals surface area contributed by atoms with Crippen LogP contribution in [0.5, 0.6) is 11.5 Å². The van der Waals surface area contributed by atoms with Gasteiger partial charge in [0.15, 0.2) is 0 Å². The van der Waals surface area contributed by atoms with E-state index >= 15 is 0 Å². The molecule has 1 heterocycles. The van der Waals surface area contributed by atoms with Crippen LogP contribution in [0.4, 0.5) is 0 Å². The summed E-state index contributed by atoms with van der Waals surface area (Å²) in [5.74, 6) is 1.61. The van der Waals surface area contributed by atoms with Crippen LogP contribution in [0.1, 0.15) is 17.5 Å². The summed E-state index contributed by atoms with van der Waals surface area (Å²) in [7, 11) is 3.54. The quantitative estimate of drug-likeness (QED) is 0.845. The lowest BCUT2D eigenvalue weighted by atomic mass is 9.99. The number of carbonyl (C=O) groups is 1. The third kappa shape index (κ3) is 3.77. The fraction of sp³-hybridized carbons (Fsp3) is 0.250. The Kier molecular flexibility index (Phi) is 4.85. The molecule has 0 N–H and O–H groups in total. The number of ether oxygens (including phenoxy) is 2. The first-order valence-corrected chi connectivity index (χ1v) is 7.96. The van der Waals surface area contributed by atoms with E-state index in [0.717, 1.165) is 28.2 Å². The molecule has 2 aromatic carbocycles. The van der Waals surface area contributed by atoms with Crippen molar-refractivity contribution in [1.29, 1.82) is 0 Å². The summed E-state index contributed by atoms with van der Waals surface area (Å²) < 4.78 is 11.5. The molecule has 0 saturated heterocycles. The lowest BCUT2D eigenvalue weighted by molar-refractivity contribution is -0.127. The molecule has 24 heavy (non-hydrogen) atoms. The molecule has 0 spiro atoms. The Morgan fingerprint density at radius 2 is 1.96 bits per heavy atom. The Morgan fingerprint density at radius 3 is 2.71 bits per heavy atom. The molecular formula is C20H21NO3. The lowest BCUT2D eigenvalue weighted by Crippen LogP contribution is -2.22. The zero-order valence-corrected chi connectivity index (χ0v) is 14.0. The molecule has 1 amide bonds. The van der Waals surface area contributed by atoms with Crippen LogP contribution in [0, 0.1) is 0 Å². The Balaban J connectivity index is 1.72. The van der Waals surface area contributed by atoms with Gasteiger partial charge < -0.3 is 14.4 Å². The van der Waals surface area contributed by atoms with E-state index < -0.39 is 0 Å². The van der Waals surface area contributed by atoms with Gasteiger partial charge in [-0.3, -0.25) is 4.79 Å². The van der Waals surface area contributed by atoms with Gasteiger partial charge in [-0.15, -0.1) is 0 Å². The summed E-state index contributed by atoms with van der Waals surface area (Å²) in [6.45, 7) is 0.993. The van der Waals surface area contributed by atoms with E-state index in [1.54, 1.807) is 19.0 Å². The highest BCUT2D eigenvalue weighted by Gasteiger charge is 2.18. The van der Waals surface area contributed by atoms with Gasteiger partial charge in [0.1, 0.15) is 24.7 Å². The van der Waals surface area contributed by atoms with Crippen molar-refractivity contribution in [2.75, 3.05) is 20.7 Å². The summed E-state index contributed by atoms with van der Waals surface area (Å²) in [6, 6.07) is 15.8. The van der Waals surface area contributed by atoms with Crippen molar-refractivity contribution in [2.24, 2.45) is 0 Å². The number of hydrogen-bond donors (Lipinski definition) is 0. The number of carbonyl (C=O) groups excluding carboxylic acids is 1. The van der Waals surface area contributed by atoms with E-state index in [4.69, 9.17) is 9.47 Å². The van der Waals surface area contributed by atoms with Gasteiger partial charge in [0.25, 0.3) is 0 Å². The number of fused-ring (bicyclic) bond motifs is 1. The standard InChI is InChI=1S/C20H21NO3/c1-21(2)20(22)12-16-10-11-23-19-13-17(8-9-18(16)19)24-14-15-6-4-3-5-7-15/h3-10,13H,11-12,14H2,1-2H3. The van der Waals surface area contributed by atoms with Gasteiger partial charge in [0, 0.05) is 25.7 Å². The maximum Gasteiger partial charge on any atom is 0.226 e. The Hall–Kier alpha value is -2.75. The summed E-state index contributed by atoms with van der Waals surface area (Å²) in [5, 5.41) is 0. The molecular weight excluding hydrogens is 302 g/mol. The van der Waals surface area contributed by atoms with Gasteiger partial charge in [0.05, 0.1) is 6.42 Å². The predicted molar refractivity (Wildman–Crippen MR) is 94.0 cm³/mol. The lowest BCUT2D eigenvalue weighted by Gasteiger charge is -2.20. The number of rotatable bonds is 5. The highest BCUT2D eigenvalue weighted by Crippen LogP contribution is 2.35. The van der Waals surface area contributed by atoms with Crippen LogP contribution >= 0.6 is 0 Å². The Morgan fingerprint density at radius 1 is 1.17 bits per heavy atom. The average molecular weight is 323 g/mol. The molecule has 1 aliphatic heterocycles. The number of nitrogens with zero attached hydrogens (tertiary/aromatic N) is 1. The molecule has 0 saturated carbocycles. The van der Waals surface area contributed by atoms with Crippen LogP contribution in [-0.4, -0.2) is 31.5 Å². The molecule has 0 bridgehead atoms. The zero-order valence-electron chi connectivity index (χ0n) is 14.0. The minimum absolute atomic E-state index is 0.0819. The van der Waals surface area contributed by atoms with Gasteiger partial charge in [-0.25, -0.2) is 0 Å². The summed E-state index contributed by atoms with van der Waals surface area (Å²) >= 11 is 0. The van der Waals surface area contributed by atoms with Crippen molar-refractivity contribution in [1.82, 2.24) is 4.90 Å². The second-order valence-corrected chi connectivity index (χ2v) is 5.94. The fourth-order valence-electron chi connectivity index (χ4n) is 2.55. The zero-order chi connectivity index (χ0) is 16.9. The first-order valence-electron chi connectivity index (χ1n) is 7.96. The highest BCUT2D eigenvalue weighted by atomic mass is 16.5. The number of benzene rings is 2.